The van der Waals surface area contributed by atoms with E-state index in [-0.39, 0.29) is 0 Å². The molecule has 1 aliphatic heterocycles. The highest BCUT2D eigenvalue weighted by Gasteiger charge is 2.23. The van der Waals surface area contributed by atoms with E-state index >= 15 is 0 Å². The highest BCUT2D eigenvalue weighted by Crippen LogP contribution is 2.27. The van der Waals surface area contributed by atoms with Crippen LogP contribution in [0, 0.1) is 0 Å². The fourth-order valence-corrected chi connectivity index (χ4v) is 3.70. The average molecular weight is 349 g/mol. The zero-order valence-corrected chi connectivity index (χ0v) is 15.1. The van der Waals surface area contributed by atoms with Gasteiger partial charge in [0.25, 0.3) is 0 Å². The van der Waals surface area contributed by atoms with E-state index in [1.165, 1.54) is 16.8 Å². The Hall–Kier alpha value is -2.79. The van der Waals surface area contributed by atoms with Gasteiger partial charge in [-0.2, -0.15) is 5.10 Å². The maximum Gasteiger partial charge on any atom is 0.142 e. The van der Waals surface area contributed by atoms with Gasteiger partial charge in [-0.05, 0) is 12.1 Å². The molecule has 0 amide bonds. The molecule has 0 radical (unpaired) electrons. The van der Waals surface area contributed by atoms with Crippen LogP contribution in [0.25, 0.3) is 11.3 Å². The average Bonchev–Trinajstić information content (AvgIpc) is 3.17. The van der Waals surface area contributed by atoms with Crippen LogP contribution in [0.2, 0.25) is 0 Å². The largest absolute Gasteiger partial charge is 0.495 e. The van der Waals surface area contributed by atoms with Crippen molar-refractivity contribution < 1.29 is 9.64 Å². The van der Waals surface area contributed by atoms with Crippen molar-refractivity contribution in [2.24, 2.45) is 0 Å². The Morgan fingerprint density at radius 1 is 1.04 bits per heavy atom. The molecule has 134 valence electrons. The second kappa shape index (κ2) is 7.62. The van der Waals surface area contributed by atoms with E-state index in [2.05, 4.69) is 51.5 Å². The van der Waals surface area contributed by atoms with Gasteiger partial charge in [0.05, 0.1) is 56.4 Å². The normalized spacial score (nSPS) is 15.2. The summed E-state index contributed by atoms with van der Waals surface area (Å²) in [7, 11) is 1.74. The minimum Gasteiger partial charge on any atom is -0.495 e. The number of H-pyrrole nitrogens is 1. The summed E-state index contributed by atoms with van der Waals surface area (Å²) in [4.78, 5) is 4.02. The third kappa shape index (κ3) is 3.44. The van der Waals surface area contributed by atoms with E-state index in [4.69, 9.17) is 4.74 Å². The molecule has 2 aromatic carbocycles. The number of benzene rings is 2. The van der Waals surface area contributed by atoms with Crippen LogP contribution in [-0.2, 0) is 6.54 Å². The van der Waals surface area contributed by atoms with E-state index in [1.807, 2.05) is 24.4 Å². The van der Waals surface area contributed by atoms with Crippen LogP contribution >= 0.6 is 0 Å². The lowest BCUT2D eigenvalue weighted by atomic mass is 10.1. The van der Waals surface area contributed by atoms with Crippen LogP contribution in [0.3, 0.4) is 0 Å². The fraction of sp³-hybridized carbons (Fsp3) is 0.286. The molecule has 3 aromatic rings. The molecule has 1 aromatic heterocycles. The lowest BCUT2D eigenvalue weighted by Crippen LogP contribution is -3.13. The van der Waals surface area contributed by atoms with Crippen molar-refractivity contribution in [3.05, 3.63) is 66.4 Å². The van der Waals surface area contributed by atoms with Crippen molar-refractivity contribution in [3.8, 4) is 17.0 Å². The first-order valence-electron chi connectivity index (χ1n) is 9.14. The molecule has 26 heavy (non-hydrogen) atoms. The second-order valence-corrected chi connectivity index (χ2v) is 6.72. The number of para-hydroxylation sites is 2. The summed E-state index contributed by atoms with van der Waals surface area (Å²) in [6, 6.07) is 18.7. The number of nitrogens with one attached hydrogen (secondary N) is 2. The molecule has 1 aliphatic rings. The van der Waals surface area contributed by atoms with Crippen LogP contribution in [0.15, 0.2) is 60.8 Å². The van der Waals surface area contributed by atoms with Crippen molar-refractivity contribution in [1.29, 1.82) is 0 Å². The molecule has 0 atom stereocenters. The van der Waals surface area contributed by atoms with Gasteiger partial charge in [0.2, 0.25) is 0 Å². The number of piperazine rings is 1. The molecule has 1 fully saturated rings. The fourth-order valence-electron chi connectivity index (χ4n) is 3.70. The van der Waals surface area contributed by atoms with E-state index < -0.39 is 0 Å². The minimum absolute atomic E-state index is 0.956. The predicted octanol–water partition coefficient (Wildman–Crippen LogP) is 1.99. The number of methoxy groups -OCH3 is 1. The van der Waals surface area contributed by atoms with Crippen LogP contribution in [0.5, 0.6) is 5.75 Å². The van der Waals surface area contributed by atoms with Crippen LogP contribution in [0.4, 0.5) is 5.69 Å². The molecule has 0 saturated carbocycles. The quantitative estimate of drug-likeness (QED) is 0.741. The highest BCUT2D eigenvalue weighted by atomic mass is 16.5. The first kappa shape index (κ1) is 16.7. The van der Waals surface area contributed by atoms with E-state index in [0.717, 1.165) is 44.2 Å². The van der Waals surface area contributed by atoms with Gasteiger partial charge in [-0.3, -0.25) is 5.10 Å². The number of nitrogens with zero attached hydrogens (tertiary/aromatic N) is 2. The molecule has 2 heterocycles. The summed E-state index contributed by atoms with van der Waals surface area (Å²) in [6.45, 7) is 5.29. The van der Waals surface area contributed by atoms with Gasteiger partial charge >= 0.3 is 0 Å². The number of anilines is 1. The maximum atomic E-state index is 5.51. The number of aromatic amines is 1. The molecule has 0 unspecified atom stereocenters. The number of rotatable bonds is 5. The number of quaternary nitrogens is 1. The van der Waals surface area contributed by atoms with Crippen LogP contribution in [-0.4, -0.2) is 43.5 Å². The Morgan fingerprint density at radius 3 is 2.54 bits per heavy atom. The number of ether oxygens (including phenoxy) is 1. The lowest BCUT2D eigenvalue weighted by Gasteiger charge is -2.34. The van der Waals surface area contributed by atoms with Gasteiger partial charge < -0.3 is 14.5 Å². The zero-order valence-electron chi connectivity index (χ0n) is 15.1. The molecule has 5 heteroatoms. The third-order valence-electron chi connectivity index (χ3n) is 5.12. The molecular formula is C21H25N4O+. The van der Waals surface area contributed by atoms with Gasteiger partial charge in [-0.1, -0.05) is 42.5 Å². The van der Waals surface area contributed by atoms with Crippen molar-refractivity contribution in [3.63, 3.8) is 0 Å². The van der Waals surface area contributed by atoms with Crippen molar-refractivity contribution in [1.82, 2.24) is 10.2 Å². The summed E-state index contributed by atoms with van der Waals surface area (Å²) in [5, 5.41) is 7.45. The number of hydrogen-bond donors (Lipinski definition) is 2. The monoisotopic (exact) mass is 349 g/mol. The Balaban J connectivity index is 1.42. The van der Waals surface area contributed by atoms with Crippen molar-refractivity contribution in [2.45, 2.75) is 6.54 Å². The molecule has 0 aliphatic carbocycles. The van der Waals surface area contributed by atoms with E-state index in [9.17, 15) is 0 Å². The summed E-state index contributed by atoms with van der Waals surface area (Å²) >= 11 is 0. The van der Waals surface area contributed by atoms with Gasteiger partial charge in [-0.25, -0.2) is 0 Å². The van der Waals surface area contributed by atoms with Crippen molar-refractivity contribution >= 4 is 5.69 Å². The van der Waals surface area contributed by atoms with Gasteiger partial charge in [-0.15, -0.1) is 0 Å². The van der Waals surface area contributed by atoms with Crippen molar-refractivity contribution in [2.75, 3.05) is 38.2 Å². The number of hydrogen-bond acceptors (Lipinski definition) is 3. The lowest BCUT2D eigenvalue weighted by molar-refractivity contribution is -0.914. The van der Waals surface area contributed by atoms with Gasteiger partial charge in [0.15, 0.2) is 0 Å². The van der Waals surface area contributed by atoms with Gasteiger partial charge in [0.1, 0.15) is 12.3 Å². The maximum absolute atomic E-state index is 5.51. The van der Waals surface area contributed by atoms with E-state index in [1.54, 1.807) is 12.0 Å². The SMILES string of the molecule is COc1ccccc1N1CC[NH+](Cc2cn[nH]c2-c2ccccc2)CC1. The van der Waals surface area contributed by atoms with Crippen LogP contribution < -0.4 is 14.5 Å². The molecule has 0 bridgehead atoms. The Morgan fingerprint density at radius 2 is 1.77 bits per heavy atom. The second-order valence-electron chi connectivity index (χ2n) is 6.72. The first-order valence-corrected chi connectivity index (χ1v) is 9.14. The summed E-state index contributed by atoms with van der Waals surface area (Å²) in [6.07, 6.45) is 1.97. The molecule has 1 saturated heterocycles. The molecule has 4 rings (SSSR count). The Kier molecular flexibility index (Phi) is 4.88. The Labute approximate surface area is 154 Å². The zero-order chi connectivity index (χ0) is 17.8. The standard InChI is InChI=1S/C21H24N4O/c1-26-20-10-6-5-9-19(20)25-13-11-24(12-14-25)16-18-15-22-23-21(18)17-7-3-2-4-8-17/h2-10,15H,11-14,16H2,1H3,(H,22,23)/p+1. The van der Waals surface area contributed by atoms with E-state index in [0.29, 0.717) is 0 Å². The predicted molar refractivity (Wildman–Crippen MR) is 104 cm³/mol. The molecule has 0 spiro atoms. The molecular weight excluding hydrogens is 324 g/mol. The number of aromatic nitrogens is 2. The molecule has 5 nitrogen and oxygen atoms in total. The topological polar surface area (TPSA) is 45.6 Å². The Bertz CT molecular complexity index is 838. The third-order valence-corrected chi connectivity index (χ3v) is 5.12. The summed E-state index contributed by atoms with van der Waals surface area (Å²) < 4.78 is 5.51. The first-order chi connectivity index (χ1) is 12.8. The summed E-state index contributed by atoms with van der Waals surface area (Å²) in [5.74, 6) is 0.956. The summed E-state index contributed by atoms with van der Waals surface area (Å²) in [5.41, 5.74) is 4.83. The van der Waals surface area contributed by atoms with Crippen LogP contribution in [0.1, 0.15) is 5.56 Å². The smallest absolute Gasteiger partial charge is 0.142 e. The highest BCUT2D eigenvalue weighted by molar-refractivity contribution is 5.62. The van der Waals surface area contributed by atoms with Gasteiger partial charge in [0, 0.05) is 5.56 Å². The minimum atomic E-state index is 0.956. The molecule has 2 N–H and O–H groups in total.